The van der Waals surface area contributed by atoms with Gasteiger partial charge < -0.3 is 0 Å². The minimum Gasteiger partial charge on any atom is -0.0622 e. The Hall–Kier alpha value is -6.76. The number of fused-ring (bicyclic) bond motifs is 7. The molecule has 0 aromatic heterocycles. The first-order valence-corrected chi connectivity index (χ1v) is 19.4. The first-order chi connectivity index (χ1) is 27.1. The van der Waals surface area contributed by atoms with Crippen molar-refractivity contribution in [1.29, 1.82) is 0 Å². The van der Waals surface area contributed by atoms with Crippen molar-refractivity contribution in [3.05, 3.63) is 205 Å². The van der Waals surface area contributed by atoms with Crippen LogP contribution in [0.4, 0.5) is 0 Å². The van der Waals surface area contributed by atoms with Crippen LogP contribution in [0.25, 0.3) is 98.7 Å². The Labute approximate surface area is 322 Å². The molecule has 0 heteroatoms. The van der Waals surface area contributed by atoms with Gasteiger partial charge in [-0.1, -0.05) is 196 Å². The summed E-state index contributed by atoms with van der Waals surface area (Å²) in [7, 11) is 0. The molecular weight excluding hydrogens is 661 g/mol. The van der Waals surface area contributed by atoms with Gasteiger partial charge in [-0.15, -0.1) is 0 Å². The molecule has 0 unspecified atom stereocenters. The molecule has 0 atom stereocenters. The maximum Gasteiger partial charge on any atom is 0.0159 e. The Bertz CT molecular complexity index is 3160. The summed E-state index contributed by atoms with van der Waals surface area (Å²) in [4.78, 5) is 0. The maximum atomic E-state index is 2.48. The van der Waals surface area contributed by atoms with E-state index < -0.39 is 0 Å². The van der Waals surface area contributed by atoms with Gasteiger partial charge in [-0.25, -0.2) is 0 Å². The zero-order valence-electron chi connectivity index (χ0n) is 31.0. The summed E-state index contributed by atoms with van der Waals surface area (Å²) in [6.45, 7) is 4.76. The van der Waals surface area contributed by atoms with Crippen molar-refractivity contribution in [2.45, 2.75) is 19.3 Å². The van der Waals surface area contributed by atoms with Crippen molar-refractivity contribution >= 4 is 43.1 Å². The standard InChI is InChI=1S/C55H38/c1-55(2)49-25-13-12-23-46(49)52-47(24-14-26-50(52)55)51-43-21-10-11-22-44(43)54(53-41-20-9-8-18-37(41)29-31-42(53)36-16-4-3-5-17-36)45-32-30-40(34-48(45)51)39-28-27-35-15-6-7-19-38(35)33-39/h3-34H,1-2H3. The van der Waals surface area contributed by atoms with Crippen molar-refractivity contribution in [3.8, 4) is 55.6 Å². The summed E-state index contributed by atoms with van der Waals surface area (Å²) in [5.41, 5.74) is 15.4. The van der Waals surface area contributed by atoms with E-state index in [9.17, 15) is 0 Å². The summed E-state index contributed by atoms with van der Waals surface area (Å²) in [6.07, 6.45) is 0. The van der Waals surface area contributed by atoms with E-state index in [1.165, 1.54) is 110 Å². The molecule has 0 nitrogen and oxygen atoms in total. The van der Waals surface area contributed by atoms with Crippen molar-refractivity contribution in [3.63, 3.8) is 0 Å². The van der Waals surface area contributed by atoms with Crippen LogP contribution in [0.1, 0.15) is 25.0 Å². The molecule has 1 aliphatic rings. The minimum atomic E-state index is -0.0999. The van der Waals surface area contributed by atoms with Crippen LogP contribution >= 0.6 is 0 Å². The van der Waals surface area contributed by atoms with Crippen LogP contribution in [0, 0.1) is 0 Å². The maximum absolute atomic E-state index is 2.48. The molecule has 0 saturated carbocycles. The van der Waals surface area contributed by atoms with E-state index in [1.54, 1.807) is 0 Å². The van der Waals surface area contributed by atoms with Crippen LogP contribution in [0.15, 0.2) is 194 Å². The molecule has 0 amide bonds. The van der Waals surface area contributed by atoms with Gasteiger partial charge >= 0.3 is 0 Å². The third-order valence-electron chi connectivity index (χ3n) is 12.2. The van der Waals surface area contributed by atoms with Gasteiger partial charge in [0.15, 0.2) is 0 Å². The fraction of sp³-hybridized carbons (Fsp3) is 0.0545. The Kier molecular flexibility index (Phi) is 7.00. The monoisotopic (exact) mass is 698 g/mol. The Morgan fingerprint density at radius 1 is 0.273 bits per heavy atom. The third kappa shape index (κ3) is 4.78. The predicted octanol–water partition coefficient (Wildman–Crippen LogP) is 15.3. The SMILES string of the molecule is CC1(C)c2ccccc2-c2c(-c3c4ccccc4c(-c4c(-c5ccccc5)ccc5ccccc45)c4ccc(-c5ccc6ccccc6c5)cc34)cccc21. The molecule has 0 aliphatic heterocycles. The fourth-order valence-electron chi connectivity index (χ4n) is 9.65. The van der Waals surface area contributed by atoms with Gasteiger partial charge in [0.2, 0.25) is 0 Å². The number of benzene rings is 10. The van der Waals surface area contributed by atoms with Gasteiger partial charge in [0, 0.05) is 5.41 Å². The normalized spacial score (nSPS) is 13.1. The average molecular weight is 699 g/mol. The zero-order valence-corrected chi connectivity index (χ0v) is 31.0. The summed E-state index contributed by atoms with van der Waals surface area (Å²) < 4.78 is 0. The lowest BCUT2D eigenvalue weighted by Gasteiger charge is -2.24. The average Bonchev–Trinajstić information content (AvgIpc) is 3.48. The molecule has 258 valence electrons. The Morgan fingerprint density at radius 3 is 1.69 bits per heavy atom. The molecule has 0 radical (unpaired) electrons. The highest BCUT2D eigenvalue weighted by Gasteiger charge is 2.37. The smallest absolute Gasteiger partial charge is 0.0159 e. The van der Waals surface area contributed by atoms with Crippen LogP contribution in [-0.2, 0) is 5.41 Å². The fourth-order valence-corrected chi connectivity index (χ4v) is 9.65. The summed E-state index contributed by atoms with van der Waals surface area (Å²) >= 11 is 0. The van der Waals surface area contributed by atoms with Crippen LogP contribution in [0.3, 0.4) is 0 Å². The Balaban J connectivity index is 1.32. The Morgan fingerprint density at radius 2 is 0.855 bits per heavy atom. The largest absolute Gasteiger partial charge is 0.0622 e. The van der Waals surface area contributed by atoms with E-state index in [0.717, 1.165) is 0 Å². The second-order valence-electron chi connectivity index (χ2n) is 15.6. The zero-order chi connectivity index (χ0) is 36.7. The highest BCUT2D eigenvalue weighted by atomic mass is 14.4. The molecule has 10 aromatic rings. The highest BCUT2D eigenvalue weighted by molar-refractivity contribution is 6.26. The molecule has 1 aliphatic carbocycles. The van der Waals surface area contributed by atoms with E-state index in [-0.39, 0.29) is 5.41 Å². The van der Waals surface area contributed by atoms with Crippen molar-refractivity contribution in [1.82, 2.24) is 0 Å². The molecule has 10 aromatic carbocycles. The molecule has 55 heavy (non-hydrogen) atoms. The number of rotatable bonds is 4. The van der Waals surface area contributed by atoms with Crippen molar-refractivity contribution in [2.75, 3.05) is 0 Å². The van der Waals surface area contributed by atoms with E-state index in [1.807, 2.05) is 0 Å². The van der Waals surface area contributed by atoms with Crippen LogP contribution in [0.2, 0.25) is 0 Å². The molecule has 0 N–H and O–H groups in total. The lowest BCUT2D eigenvalue weighted by atomic mass is 9.79. The first-order valence-electron chi connectivity index (χ1n) is 19.4. The summed E-state index contributed by atoms with van der Waals surface area (Å²) in [5.74, 6) is 0. The van der Waals surface area contributed by atoms with E-state index in [4.69, 9.17) is 0 Å². The predicted molar refractivity (Wildman–Crippen MR) is 236 cm³/mol. The molecular formula is C55H38. The van der Waals surface area contributed by atoms with Gasteiger partial charge in [0.05, 0.1) is 0 Å². The molecule has 0 heterocycles. The van der Waals surface area contributed by atoms with E-state index in [0.29, 0.717) is 0 Å². The topological polar surface area (TPSA) is 0 Å². The van der Waals surface area contributed by atoms with Crippen LogP contribution in [-0.4, -0.2) is 0 Å². The van der Waals surface area contributed by atoms with Crippen LogP contribution in [0.5, 0.6) is 0 Å². The first kappa shape index (κ1) is 31.7. The highest BCUT2D eigenvalue weighted by Crippen LogP contribution is 2.55. The molecule has 0 spiro atoms. The lowest BCUT2D eigenvalue weighted by Crippen LogP contribution is -2.14. The van der Waals surface area contributed by atoms with Gasteiger partial charge in [-0.2, -0.15) is 0 Å². The second kappa shape index (κ2) is 12.1. The van der Waals surface area contributed by atoms with Crippen molar-refractivity contribution in [2.24, 2.45) is 0 Å². The van der Waals surface area contributed by atoms with Crippen LogP contribution < -0.4 is 0 Å². The quantitative estimate of drug-likeness (QED) is 0.161. The van der Waals surface area contributed by atoms with Gasteiger partial charge in [0.1, 0.15) is 0 Å². The number of hydrogen-bond acceptors (Lipinski definition) is 0. The summed E-state index contributed by atoms with van der Waals surface area (Å²) in [6, 6.07) is 72.3. The second-order valence-corrected chi connectivity index (χ2v) is 15.6. The molecule has 11 rings (SSSR count). The third-order valence-corrected chi connectivity index (χ3v) is 12.2. The van der Waals surface area contributed by atoms with Crippen molar-refractivity contribution < 1.29 is 0 Å². The molecule has 0 bridgehead atoms. The van der Waals surface area contributed by atoms with Gasteiger partial charge in [-0.05, 0) is 122 Å². The summed E-state index contributed by atoms with van der Waals surface area (Å²) in [5, 5.41) is 10.1. The molecule has 0 saturated heterocycles. The van der Waals surface area contributed by atoms with Gasteiger partial charge in [0.25, 0.3) is 0 Å². The minimum absolute atomic E-state index is 0.0999. The lowest BCUT2D eigenvalue weighted by molar-refractivity contribution is 0.660. The van der Waals surface area contributed by atoms with E-state index in [2.05, 4.69) is 208 Å². The van der Waals surface area contributed by atoms with E-state index >= 15 is 0 Å². The van der Waals surface area contributed by atoms with Gasteiger partial charge in [-0.3, -0.25) is 0 Å². The number of hydrogen-bond donors (Lipinski definition) is 0. The molecule has 0 fully saturated rings.